The Morgan fingerprint density at radius 3 is 2.62 bits per heavy atom. The molecule has 0 aliphatic rings. The van der Waals surface area contributed by atoms with Gasteiger partial charge in [0.2, 0.25) is 0 Å². The number of amides is 1. The molecule has 1 N–H and O–H groups in total. The predicted molar refractivity (Wildman–Crippen MR) is 63.6 cm³/mol. The van der Waals surface area contributed by atoms with Gasteiger partial charge in [0.15, 0.2) is 0 Å². The lowest BCUT2D eigenvalue weighted by Gasteiger charge is -2.03. The van der Waals surface area contributed by atoms with Crippen molar-refractivity contribution in [3.63, 3.8) is 0 Å². The minimum Gasteiger partial charge on any atom is -0.472 e. The van der Waals surface area contributed by atoms with E-state index in [1.54, 1.807) is 36.8 Å². The lowest BCUT2D eigenvalue weighted by atomic mass is 10.2. The van der Waals surface area contributed by atoms with E-state index in [1.165, 1.54) is 0 Å². The van der Waals surface area contributed by atoms with E-state index in [4.69, 9.17) is 4.42 Å². The van der Waals surface area contributed by atoms with Crippen molar-refractivity contribution in [1.29, 1.82) is 0 Å². The zero-order chi connectivity index (χ0) is 11.4. The fourth-order valence-corrected chi connectivity index (χ4v) is 1.44. The molecule has 82 valence electrons. The first-order valence-corrected chi connectivity index (χ1v) is 5.29. The summed E-state index contributed by atoms with van der Waals surface area (Å²) in [5.74, 6) is -0.102. The molecule has 1 aromatic heterocycles. The fourth-order valence-electron chi connectivity index (χ4n) is 1.29. The first kappa shape index (κ1) is 10.8. The van der Waals surface area contributed by atoms with Crippen molar-refractivity contribution in [3.8, 4) is 0 Å². The second kappa shape index (κ2) is 4.90. The maximum absolute atomic E-state index is 11.7. The molecule has 3 nitrogen and oxygen atoms in total. The molecule has 2 rings (SSSR count). The fraction of sp³-hybridized carbons (Fsp3) is 0.0833. The topological polar surface area (TPSA) is 42.2 Å². The number of carbonyl (C=O) groups is 1. The van der Waals surface area contributed by atoms with E-state index >= 15 is 0 Å². The number of benzene rings is 1. The van der Waals surface area contributed by atoms with Crippen LogP contribution < -0.4 is 5.32 Å². The third-order valence-corrected chi connectivity index (χ3v) is 2.46. The molecule has 0 aliphatic carbocycles. The highest BCUT2D eigenvalue weighted by Crippen LogP contribution is 2.08. The molecular formula is C12H11NO2S. The molecule has 0 atom stereocenters. The van der Waals surface area contributed by atoms with Gasteiger partial charge in [0.05, 0.1) is 12.5 Å². The van der Waals surface area contributed by atoms with Crippen LogP contribution >= 0.6 is 12.6 Å². The Bertz CT molecular complexity index is 462. The first-order chi connectivity index (χ1) is 7.75. The molecule has 4 heteroatoms. The number of hydrogen-bond acceptors (Lipinski definition) is 3. The maximum atomic E-state index is 11.7. The molecule has 0 saturated carbocycles. The van der Waals surface area contributed by atoms with Gasteiger partial charge in [0, 0.05) is 22.6 Å². The maximum Gasteiger partial charge on any atom is 0.251 e. The van der Waals surface area contributed by atoms with Gasteiger partial charge in [-0.05, 0) is 30.3 Å². The molecule has 0 spiro atoms. The van der Waals surface area contributed by atoms with Crippen LogP contribution in [0.1, 0.15) is 15.9 Å². The van der Waals surface area contributed by atoms with Crippen LogP contribution in [0.15, 0.2) is 52.2 Å². The molecule has 2 aromatic rings. The monoisotopic (exact) mass is 233 g/mol. The van der Waals surface area contributed by atoms with Crippen molar-refractivity contribution in [3.05, 3.63) is 54.0 Å². The Balaban J connectivity index is 1.95. The van der Waals surface area contributed by atoms with Crippen molar-refractivity contribution in [2.75, 3.05) is 0 Å². The summed E-state index contributed by atoms with van der Waals surface area (Å²) in [5.41, 5.74) is 1.57. The van der Waals surface area contributed by atoms with E-state index in [-0.39, 0.29) is 5.91 Å². The molecule has 0 bridgehead atoms. The minimum atomic E-state index is -0.102. The normalized spacial score (nSPS) is 10.1. The van der Waals surface area contributed by atoms with E-state index in [1.807, 2.05) is 6.07 Å². The van der Waals surface area contributed by atoms with E-state index in [0.717, 1.165) is 10.5 Å². The third kappa shape index (κ3) is 2.67. The van der Waals surface area contributed by atoms with Gasteiger partial charge in [0.25, 0.3) is 5.91 Å². The molecule has 0 fully saturated rings. The molecule has 1 aromatic carbocycles. The Kier molecular flexibility index (Phi) is 3.31. The minimum absolute atomic E-state index is 0.102. The average Bonchev–Trinajstić information content (AvgIpc) is 2.80. The van der Waals surface area contributed by atoms with Gasteiger partial charge < -0.3 is 9.73 Å². The van der Waals surface area contributed by atoms with E-state index in [2.05, 4.69) is 17.9 Å². The van der Waals surface area contributed by atoms with E-state index in [0.29, 0.717) is 12.1 Å². The van der Waals surface area contributed by atoms with Crippen molar-refractivity contribution < 1.29 is 9.21 Å². The average molecular weight is 233 g/mol. The first-order valence-electron chi connectivity index (χ1n) is 4.84. The third-order valence-electron chi connectivity index (χ3n) is 2.16. The van der Waals surface area contributed by atoms with Gasteiger partial charge in [-0.15, -0.1) is 12.6 Å². The zero-order valence-corrected chi connectivity index (χ0v) is 9.41. The number of nitrogens with one attached hydrogen (secondary N) is 1. The van der Waals surface area contributed by atoms with Crippen LogP contribution in [0.3, 0.4) is 0 Å². The SMILES string of the molecule is O=C(NCc1ccoc1)c1ccc(S)cc1. The summed E-state index contributed by atoms with van der Waals surface area (Å²) < 4.78 is 4.91. The lowest BCUT2D eigenvalue weighted by Crippen LogP contribution is -2.22. The molecular weight excluding hydrogens is 222 g/mol. The number of carbonyl (C=O) groups excluding carboxylic acids is 1. The van der Waals surface area contributed by atoms with Crippen LogP contribution in [0.2, 0.25) is 0 Å². The molecule has 0 aliphatic heterocycles. The van der Waals surface area contributed by atoms with Crippen LogP contribution in [-0.2, 0) is 6.54 Å². The summed E-state index contributed by atoms with van der Waals surface area (Å²) in [6, 6.07) is 8.88. The van der Waals surface area contributed by atoms with Gasteiger partial charge in [-0.3, -0.25) is 4.79 Å². The molecule has 16 heavy (non-hydrogen) atoms. The summed E-state index contributed by atoms with van der Waals surface area (Å²) in [4.78, 5) is 12.5. The molecule has 1 heterocycles. The second-order valence-corrected chi connectivity index (χ2v) is 3.88. The van der Waals surface area contributed by atoms with Gasteiger partial charge >= 0.3 is 0 Å². The van der Waals surface area contributed by atoms with Crippen LogP contribution in [0, 0.1) is 0 Å². The highest BCUT2D eigenvalue weighted by atomic mass is 32.1. The van der Waals surface area contributed by atoms with Gasteiger partial charge in [-0.2, -0.15) is 0 Å². The van der Waals surface area contributed by atoms with E-state index in [9.17, 15) is 4.79 Å². The molecule has 1 amide bonds. The Hall–Kier alpha value is -1.68. The zero-order valence-electron chi connectivity index (χ0n) is 8.51. The predicted octanol–water partition coefficient (Wildman–Crippen LogP) is 2.50. The standard InChI is InChI=1S/C12H11NO2S/c14-12(10-1-3-11(16)4-2-10)13-7-9-5-6-15-8-9/h1-6,8,16H,7H2,(H,13,14). The number of thiol groups is 1. The van der Waals surface area contributed by atoms with Gasteiger partial charge in [0.1, 0.15) is 0 Å². The highest BCUT2D eigenvalue weighted by Gasteiger charge is 2.04. The van der Waals surface area contributed by atoms with E-state index < -0.39 is 0 Å². The van der Waals surface area contributed by atoms with Crippen LogP contribution in [-0.4, -0.2) is 5.91 Å². The van der Waals surface area contributed by atoms with Crippen molar-refractivity contribution in [2.45, 2.75) is 11.4 Å². The van der Waals surface area contributed by atoms with Gasteiger partial charge in [-0.25, -0.2) is 0 Å². The second-order valence-electron chi connectivity index (χ2n) is 3.36. The van der Waals surface area contributed by atoms with Crippen LogP contribution in [0.25, 0.3) is 0 Å². The summed E-state index contributed by atoms with van der Waals surface area (Å²) in [5, 5.41) is 2.80. The van der Waals surface area contributed by atoms with Crippen molar-refractivity contribution in [1.82, 2.24) is 5.32 Å². The highest BCUT2D eigenvalue weighted by molar-refractivity contribution is 7.80. The molecule has 0 unspecified atom stereocenters. The lowest BCUT2D eigenvalue weighted by molar-refractivity contribution is 0.0951. The number of furan rings is 1. The van der Waals surface area contributed by atoms with Crippen molar-refractivity contribution in [2.24, 2.45) is 0 Å². The number of rotatable bonds is 3. The number of hydrogen-bond donors (Lipinski definition) is 2. The van der Waals surface area contributed by atoms with Crippen LogP contribution in [0.5, 0.6) is 0 Å². The summed E-state index contributed by atoms with van der Waals surface area (Å²) in [6.07, 6.45) is 3.19. The summed E-state index contributed by atoms with van der Waals surface area (Å²) >= 11 is 4.16. The molecule has 0 radical (unpaired) electrons. The Morgan fingerprint density at radius 2 is 2.00 bits per heavy atom. The van der Waals surface area contributed by atoms with Crippen LogP contribution in [0.4, 0.5) is 0 Å². The quantitative estimate of drug-likeness (QED) is 0.800. The largest absolute Gasteiger partial charge is 0.472 e. The van der Waals surface area contributed by atoms with Crippen molar-refractivity contribution >= 4 is 18.5 Å². The summed E-state index contributed by atoms with van der Waals surface area (Å²) in [7, 11) is 0. The summed E-state index contributed by atoms with van der Waals surface area (Å²) in [6.45, 7) is 0.470. The Labute approximate surface area is 98.9 Å². The smallest absolute Gasteiger partial charge is 0.251 e. The molecule has 0 saturated heterocycles. The van der Waals surface area contributed by atoms with Gasteiger partial charge in [-0.1, -0.05) is 0 Å². The Morgan fingerprint density at radius 1 is 1.25 bits per heavy atom.